The molecule has 0 atom stereocenters. The predicted molar refractivity (Wildman–Crippen MR) is 115 cm³/mol. The van der Waals surface area contributed by atoms with E-state index in [0.717, 1.165) is 11.6 Å². The van der Waals surface area contributed by atoms with E-state index in [9.17, 15) is 19.2 Å². The fourth-order valence-corrected chi connectivity index (χ4v) is 3.62. The Morgan fingerprint density at radius 3 is 2.53 bits per heavy atom. The summed E-state index contributed by atoms with van der Waals surface area (Å²) in [5, 5.41) is 3.29. The van der Waals surface area contributed by atoms with E-state index >= 15 is 0 Å². The molecule has 3 aromatic rings. The number of methoxy groups -OCH3 is 1. The maximum Gasteiger partial charge on any atom is 0.338 e. The number of carbonyl (C=O) groups excluding carboxylic acids is 4. The molecule has 0 bridgehead atoms. The van der Waals surface area contributed by atoms with Gasteiger partial charge in [-0.2, -0.15) is 0 Å². The molecule has 4 rings (SSSR count). The first-order valence-corrected chi connectivity index (χ1v) is 9.93. The van der Waals surface area contributed by atoms with Crippen LogP contribution in [0.4, 0.5) is 0 Å². The summed E-state index contributed by atoms with van der Waals surface area (Å²) in [7, 11) is 1.24. The molecule has 0 aliphatic carbocycles. The lowest BCUT2D eigenvalue weighted by Crippen LogP contribution is -2.31. The summed E-state index contributed by atoms with van der Waals surface area (Å²) in [4.78, 5) is 49.2. The smallest absolute Gasteiger partial charge is 0.338 e. The molecule has 8 nitrogen and oxygen atoms in total. The molecule has 162 valence electrons. The SMILES string of the molecule is COC(=O)c1cccc2c1c(C(=O)C(=O)NC1=CC(=O)OC1)cn2Cc1ccc(Cl)cc1. The van der Waals surface area contributed by atoms with Crippen molar-refractivity contribution < 1.29 is 28.7 Å². The molecule has 1 aliphatic heterocycles. The number of cyclic esters (lactones) is 1. The van der Waals surface area contributed by atoms with E-state index < -0.39 is 23.6 Å². The molecule has 1 N–H and O–H groups in total. The number of aromatic nitrogens is 1. The van der Waals surface area contributed by atoms with Gasteiger partial charge in [-0.1, -0.05) is 29.8 Å². The zero-order valence-corrected chi connectivity index (χ0v) is 17.6. The first kappa shape index (κ1) is 21.3. The van der Waals surface area contributed by atoms with Crippen LogP contribution in [-0.2, 0) is 25.6 Å². The number of halogens is 1. The Morgan fingerprint density at radius 1 is 1.12 bits per heavy atom. The summed E-state index contributed by atoms with van der Waals surface area (Å²) < 4.78 is 11.4. The zero-order chi connectivity index (χ0) is 22.8. The number of benzene rings is 2. The fraction of sp³-hybridized carbons (Fsp3) is 0.130. The molecule has 0 spiro atoms. The van der Waals surface area contributed by atoms with Crippen LogP contribution in [-0.4, -0.2) is 41.9 Å². The summed E-state index contributed by atoms with van der Waals surface area (Å²) in [5.74, 6) is -3.03. The van der Waals surface area contributed by atoms with Gasteiger partial charge < -0.3 is 19.4 Å². The van der Waals surface area contributed by atoms with Crippen molar-refractivity contribution in [3.8, 4) is 0 Å². The Balaban J connectivity index is 1.77. The topological polar surface area (TPSA) is 104 Å². The van der Waals surface area contributed by atoms with E-state index in [-0.39, 0.29) is 23.4 Å². The highest BCUT2D eigenvalue weighted by Crippen LogP contribution is 2.28. The third-order valence-electron chi connectivity index (χ3n) is 4.96. The number of carbonyl (C=O) groups is 4. The van der Waals surface area contributed by atoms with E-state index in [1.54, 1.807) is 28.8 Å². The fourth-order valence-electron chi connectivity index (χ4n) is 3.49. The van der Waals surface area contributed by atoms with Crippen molar-refractivity contribution in [1.29, 1.82) is 0 Å². The number of nitrogens with zero attached hydrogens (tertiary/aromatic N) is 1. The second kappa shape index (κ2) is 8.68. The lowest BCUT2D eigenvalue weighted by atomic mass is 10.0. The first-order chi connectivity index (χ1) is 15.4. The molecule has 2 aromatic carbocycles. The van der Waals surface area contributed by atoms with Gasteiger partial charge in [0.1, 0.15) is 6.61 Å². The van der Waals surface area contributed by atoms with Gasteiger partial charge in [0.2, 0.25) is 0 Å². The Labute approximate surface area is 187 Å². The van der Waals surface area contributed by atoms with Crippen LogP contribution in [0.15, 0.2) is 60.4 Å². The highest BCUT2D eigenvalue weighted by Gasteiger charge is 2.27. The van der Waals surface area contributed by atoms with Crippen molar-refractivity contribution >= 4 is 46.1 Å². The molecular formula is C23H17ClN2O6. The molecule has 1 amide bonds. The minimum absolute atomic E-state index is 0.0401. The van der Waals surface area contributed by atoms with E-state index in [1.807, 2.05) is 12.1 Å². The van der Waals surface area contributed by atoms with Crippen LogP contribution in [0.1, 0.15) is 26.3 Å². The Kier molecular flexibility index (Phi) is 5.79. The van der Waals surface area contributed by atoms with Crippen molar-refractivity contribution in [3.63, 3.8) is 0 Å². The van der Waals surface area contributed by atoms with Gasteiger partial charge in [0.25, 0.3) is 11.7 Å². The average Bonchev–Trinajstić information content (AvgIpc) is 3.37. The number of hydrogen-bond donors (Lipinski definition) is 1. The Morgan fingerprint density at radius 2 is 1.88 bits per heavy atom. The lowest BCUT2D eigenvalue weighted by Gasteiger charge is -2.07. The number of fused-ring (bicyclic) bond motifs is 1. The molecular weight excluding hydrogens is 436 g/mol. The molecule has 0 unspecified atom stereocenters. The van der Waals surface area contributed by atoms with Gasteiger partial charge in [0.15, 0.2) is 0 Å². The number of hydrogen-bond acceptors (Lipinski definition) is 6. The summed E-state index contributed by atoms with van der Waals surface area (Å²) >= 11 is 5.96. The van der Waals surface area contributed by atoms with E-state index in [0.29, 0.717) is 22.5 Å². The zero-order valence-electron chi connectivity index (χ0n) is 16.9. The minimum Gasteiger partial charge on any atom is -0.465 e. The third kappa shape index (κ3) is 4.13. The standard InChI is InChI=1S/C23H17ClN2O6/c1-31-23(30)16-3-2-4-18-20(16)17(11-26(18)10-13-5-7-14(24)8-6-13)21(28)22(29)25-15-9-19(27)32-12-15/h2-9,11H,10,12H2,1H3,(H,25,29). The third-order valence-corrected chi connectivity index (χ3v) is 5.22. The van der Waals surface area contributed by atoms with Crippen LogP contribution in [0, 0.1) is 0 Å². The van der Waals surface area contributed by atoms with E-state index in [1.165, 1.54) is 19.4 Å². The summed E-state index contributed by atoms with van der Waals surface area (Å²) in [6.45, 7) is 0.254. The van der Waals surface area contributed by atoms with Gasteiger partial charge in [-0.05, 0) is 29.8 Å². The average molecular weight is 453 g/mol. The van der Waals surface area contributed by atoms with Crippen LogP contribution in [0.25, 0.3) is 10.9 Å². The van der Waals surface area contributed by atoms with Crippen molar-refractivity contribution in [1.82, 2.24) is 9.88 Å². The van der Waals surface area contributed by atoms with Gasteiger partial charge >= 0.3 is 11.9 Å². The number of rotatable bonds is 6. The van der Waals surface area contributed by atoms with Gasteiger partial charge in [0, 0.05) is 34.7 Å². The van der Waals surface area contributed by atoms with Crippen molar-refractivity contribution in [3.05, 3.63) is 82.1 Å². The van der Waals surface area contributed by atoms with Crippen molar-refractivity contribution in [2.24, 2.45) is 0 Å². The molecule has 0 saturated heterocycles. The van der Waals surface area contributed by atoms with Crippen LogP contribution < -0.4 is 5.32 Å². The normalized spacial score (nSPS) is 12.9. The maximum absolute atomic E-state index is 13.1. The summed E-state index contributed by atoms with van der Waals surface area (Å²) in [5.41, 5.74) is 1.88. The van der Waals surface area contributed by atoms with E-state index in [4.69, 9.17) is 21.1 Å². The largest absolute Gasteiger partial charge is 0.465 e. The van der Waals surface area contributed by atoms with Gasteiger partial charge in [-0.25, -0.2) is 9.59 Å². The van der Waals surface area contributed by atoms with Gasteiger partial charge in [-0.15, -0.1) is 0 Å². The summed E-state index contributed by atoms with van der Waals surface area (Å²) in [6.07, 6.45) is 2.63. The molecule has 32 heavy (non-hydrogen) atoms. The Bertz CT molecular complexity index is 1290. The maximum atomic E-state index is 13.1. The first-order valence-electron chi connectivity index (χ1n) is 9.55. The highest BCUT2D eigenvalue weighted by atomic mass is 35.5. The Hall–Kier alpha value is -3.91. The monoisotopic (exact) mass is 452 g/mol. The molecule has 2 heterocycles. The molecule has 0 fully saturated rings. The number of esters is 2. The second-order valence-electron chi connectivity index (χ2n) is 7.05. The van der Waals surface area contributed by atoms with E-state index in [2.05, 4.69) is 5.32 Å². The van der Waals surface area contributed by atoms with Gasteiger partial charge in [0.05, 0.1) is 23.9 Å². The molecule has 0 saturated carbocycles. The molecule has 1 aliphatic rings. The molecule has 0 radical (unpaired) electrons. The summed E-state index contributed by atoms with van der Waals surface area (Å²) in [6, 6.07) is 12.1. The highest BCUT2D eigenvalue weighted by molar-refractivity contribution is 6.45. The molecule has 9 heteroatoms. The minimum atomic E-state index is -0.945. The number of nitrogens with one attached hydrogen (secondary N) is 1. The van der Waals surface area contributed by atoms with Crippen LogP contribution in [0.5, 0.6) is 0 Å². The van der Waals surface area contributed by atoms with Crippen molar-refractivity contribution in [2.75, 3.05) is 13.7 Å². The number of ether oxygens (including phenoxy) is 2. The predicted octanol–water partition coefficient (Wildman–Crippen LogP) is 2.87. The van der Waals surface area contributed by atoms with Gasteiger partial charge in [-0.3, -0.25) is 9.59 Å². The quantitative estimate of drug-likeness (QED) is 0.350. The van der Waals surface area contributed by atoms with Crippen LogP contribution >= 0.6 is 11.6 Å². The number of amides is 1. The number of Topliss-reactive ketones (excluding diaryl/α,β-unsaturated/α-hetero) is 1. The second-order valence-corrected chi connectivity index (χ2v) is 7.49. The van der Waals surface area contributed by atoms with Crippen LogP contribution in [0.3, 0.4) is 0 Å². The number of ketones is 1. The molecule has 1 aromatic heterocycles. The lowest BCUT2D eigenvalue weighted by molar-refractivity contribution is -0.135. The van der Waals surface area contributed by atoms with Crippen LogP contribution in [0.2, 0.25) is 5.02 Å². The van der Waals surface area contributed by atoms with Crippen molar-refractivity contribution in [2.45, 2.75) is 6.54 Å².